The lowest BCUT2D eigenvalue weighted by molar-refractivity contribution is 0.580. The summed E-state index contributed by atoms with van der Waals surface area (Å²) in [4.78, 5) is 15.2. The van der Waals surface area contributed by atoms with Crippen molar-refractivity contribution in [2.45, 2.75) is 0 Å². The Morgan fingerprint density at radius 2 is 2.11 bits per heavy atom. The molecule has 0 unspecified atom stereocenters. The van der Waals surface area contributed by atoms with Gasteiger partial charge in [0.25, 0.3) is 0 Å². The molecule has 3 heterocycles. The molecule has 2 aromatic rings. The van der Waals surface area contributed by atoms with Gasteiger partial charge in [0.15, 0.2) is 5.13 Å². The molecule has 0 aliphatic carbocycles. The number of piperazine rings is 1. The van der Waals surface area contributed by atoms with E-state index >= 15 is 0 Å². The van der Waals surface area contributed by atoms with Gasteiger partial charge in [-0.2, -0.15) is 4.98 Å². The van der Waals surface area contributed by atoms with Crippen molar-refractivity contribution in [2.24, 2.45) is 0 Å². The Kier molecular flexibility index (Phi) is 3.33. The zero-order valence-electron chi connectivity index (χ0n) is 9.83. The topological polar surface area (TPSA) is 66.0 Å². The van der Waals surface area contributed by atoms with Gasteiger partial charge in [0.1, 0.15) is 5.82 Å². The second kappa shape index (κ2) is 5.28. The van der Waals surface area contributed by atoms with Gasteiger partial charge in [-0.3, -0.25) is 0 Å². The van der Waals surface area contributed by atoms with Crippen LogP contribution in [0, 0.1) is 0 Å². The van der Waals surface area contributed by atoms with Crippen molar-refractivity contribution in [3.05, 3.63) is 23.8 Å². The first-order valence-corrected chi connectivity index (χ1v) is 6.75. The van der Waals surface area contributed by atoms with Crippen molar-refractivity contribution in [3.8, 4) is 0 Å². The Morgan fingerprint density at radius 3 is 2.89 bits per heavy atom. The van der Waals surface area contributed by atoms with Gasteiger partial charge in [-0.1, -0.05) is 0 Å². The Hall–Kier alpha value is -1.73. The van der Waals surface area contributed by atoms with Crippen molar-refractivity contribution < 1.29 is 0 Å². The molecule has 6 nitrogen and oxygen atoms in total. The molecule has 94 valence electrons. The zero-order chi connectivity index (χ0) is 12.2. The van der Waals surface area contributed by atoms with Crippen LogP contribution in [0.4, 0.5) is 16.9 Å². The van der Waals surface area contributed by atoms with Crippen LogP contribution in [0.15, 0.2) is 23.8 Å². The van der Waals surface area contributed by atoms with Crippen molar-refractivity contribution in [1.29, 1.82) is 0 Å². The first-order chi connectivity index (χ1) is 8.92. The van der Waals surface area contributed by atoms with E-state index in [1.54, 1.807) is 23.7 Å². The second-order valence-corrected chi connectivity index (χ2v) is 4.84. The quantitative estimate of drug-likeness (QED) is 0.863. The highest BCUT2D eigenvalue weighted by molar-refractivity contribution is 7.13. The molecule has 0 amide bonds. The summed E-state index contributed by atoms with van der Waals surface area (Å²) in [6.07, 6.45) is 3.55. The number of aromatic nitrogens is 3. The van der Waals surface area contributed by atoms with E-state index in [-0.39, 0.29) is 0 Å². The molecule has 0 aromatic carbocycles. The van der Waals surface area contributed by atoms with E-state index < -0.39 is 0 Å². The maximum atomic E-state index is 4.51. The predicted molar refractivity (Wildman–Crippen MR) is 72.5 cm³/mol. The minimum atomic E-state index is 0.776. The summed E-state index contributed by atoms with van der Waals surface area (Å²) >= 11 is 1.55. The number of thiazole rings is 1. The van der Waals surface area contributed by atoms with Crippen LogP contribution >= 0.6 is 11.3 Å². The van der Waals surface area contributed by atoms with E-state index in [1.807, 2.05) is 11.4 Å². The molecule has 7 heteroatoms. The third-order valence-corrected chi connectivity index (χ3v) is 3.40. The van der Waals surface area contributed by atoms with Crippen LogP contribution in [0.1, 0.15) is 0 Å². The monoisotopic (exact) mass is 262 g/mol. The average molecular weight is 262 g/mol. The smallest absolute Gasteiger partial charge is 0.227 e. The Labute approximate surface area is 109 Å². The highest BCUT2D eigenvalue weighted by Crippen LogP contribution is 2.18. The number of nitrogens with one attached hydrogen (secondary N) is 2. The van der Waals surface area contributed by atoms with E-state index in [9.17, 15) is 0 Å². The maximum absolute atomic E-state index is 4.51. The fourth-order valence-corrected chi connectivity index (χ4v) is 2.37. The van der Waals surface area contributed by atoms with E-state index in [4.69, 9.17) is 0 Å². The minimum absolute atomic E-state index is 0.776. The molecule has 3 rings (SSSR count). The lowest BCUT2D eigenvalue weighted by Crippen LogP contribution is -2.44. The van der Waals surface area contributed by atoms with Gasteiger partial charge in [0.05, 0.1) is 0 Å². The van der Waals surface area contributed by atoms with E-state index in [0.717, 1.165) is 43.1 Å². The van der Waals surface area contributed by atoms with Crippen LogP contribution in [-0.2, 0) is 0 Å². The highest BCUT2D eigenvalue weighted by Gasteiger charge is 2.13. The molecule has 1 aliphatic rings. The summed E-state index contributed by atoms with van der Waals surface area (Å²) in [5, 5.41) is 9.27. The van der Waals surface area contributed by atoms with Crippen LogP contribution in [0.25, 0.3) is 0 Å². The average Bonchev–Trinajstić information content (AvgIpc) is 2.93. The number of rotatable bonds is 3. The van der Waals surface area contributed by atoms with E-state index in [0.29, 0.717) is 0 Å². The van der Waals surface area contributed by atoms with Gasteiger partial charge < -0.3 is 15.5 Å². The summed E-state index contributed by atoms with van der Waals surface area (Å²) in [5.41, 5.74) is 0. The normalized spacial score (nSPS) is 15.7. The predicted octanol–water partition coefficient (Wildman–Crippen LogP) is 1.09. The fourth-order valence-electron chi connectivity index (χ4n) is 1.83. The van der Waals surface area contributed by atoms with Gasteiger partial charge in [-0.15, -0.1) is 11.3 Å². The van der Waals surface area contributed by atoms with Crippen LogP contribution in [0.3, 0.4) is 0 Å². The molecular formula is C11H14N6S. The Morgan fingerprint density at radius 1 is 1.22 bits per heavy atom. The standard InChI is InChI=1S/C11H14N6S/c1-2-13-10(17-6-3-12-4-7-17)15-9(1)16-11-14-5-8-18-11/h1-2,5,8,12H,3-4,6-7H2,(H,13,14,15,16). The van der Waals surface area contributed by atoms with Gasteiger partial charge in [0, 0.05) is 44.0 Å². The third-order valence-electron chi connectivity index (χ3n) is 2.71. The third kappa shape index (κ3) is 2.57. The van der Waals surface area contributed by atoms with Crippen LogP contribution in [0.2, 0.25) is 0 Å². The molecule has 0 bridgehead atoms. The molecule has 1 saturated heterocycles. The van der Waals surface area contributed by atoms with Crippen molar-refractivity contribution >= 4 is 28.2 Å². The zero-order valence-corrected chi connectivity index (χ0v) is 10.7. The summed E-state index contributed by atoms with van der Waals surface area (Å²) in [5.74, 6) is 1.56. The molecule has 2 aromatic heterocycles. The lowest BCUT2D eigenvalue weighted by Gasteiger charge is -2.27. The van der Waals surface area contributed by atoms with Gasteiger partial charge in [-0.25, -0.2) is 9.97 Å². The van der Waals surface area contributed by atoms with Gasteiger partial charge >= 0.3 is 0 Å². The summed E-state index contributed by atoms with van der Waals surface area (Å²) in [7, 11) is 0. The number of anilines is 3. The largest absolute Gasteiger partial charge is 0.338 e. The lowest BCUT2D eigenvalue weighted by atomic mass is 10.4. The maximum Gasteiger partial charge on any atom is 0.227 e. The molecule has 2 N–H and O–H groups in total. The Balaban J connectivity index is 1.76. The van der Waals surface area contributed by atoms with Crippen LogP contribution in [-0.4, -0.2) is 41.1 Å². The summed E-state index contributed by atoms with van der Waals surface area (Å²) < 4.78 is 0. The van der Waals surface area contributed by atoms with Crippen molar-refractivity contribution in [3.63, 3.8) is 0 Å². The first kappa shape index (κ1) is 11.4. The van der Waals surface area contributed by atoms with Crippen molar-refractivity contribution in [1.82, 2.24) is 20.3 Å². The molecule has 18 heavy (non-hydrogen) atoms. The molecule has 0 spiro atoms. The number of hydrogen-bond donors (Lipinski definition) is 2. The highest BCUT2D eigenvalue weighted by atomic mass is 32.1. The molecule has 0 saturated carbocycles. The molecule has 1 aliphatic heterocycles. The molecular weight excluding hydrogens is 248 g/mol. The number of nitrogens with zero attached hydrogens (tertiary/aromatic N) is 4. The van der Waals surface area contributed by atoms with Crippen molar-refractivity contribution in [2.75, 3.05) is 36.4 Å². The van der Waals surface area contributed by atoms with Gasteiger partial charge in [-0.05, 0) is 6.07 Å². The second-order valence-electron chi connectivity index (χ2n) is 3.94. The number of hydrogen-bond acceptors (Lipinski definition) is 7. The minimum Gasteiger partial charge on any atom is -0.338 e. The summed E-state index contributed by atoms with van der Waals surface area (Å²) in [6, 6.07) is 1.85. The Bertz CT molecular complexity index is 494. The first-order valence-electron chi connectivity index (χ1n) is 5.87. The van der Waals surface area contributed by atoms with E-state index in [2.05, 4.69) is 30.5 Å². The molecule has 0 radical (unpaired) electrons. The van der Waals surface area contributed by atoms with Gasteiger partial charge in [0.2, 0.25) is 5.95 Å². The molecule has 0 atom stereocenters. The summed E-state index contributed by atoms with van der Waals surface area (Å²) in [6.45, 7) is 3.85. The molecule has 1 fully saturated rings. The fraction of sp³-hybridized carbons (Fsp3) is 0.364. The van der Waals surface area contributed by atoms with Crippen LogP contribution in [0.5, 0.6) is 0 Å². The van der Waals surface area contributed by atoms with E-state index in [1.165, 1.54) is 0 Å². The van der Waals surface area contributed by atoms with Crippen LogP contribution < -0.4 is 15.5 Å². The SMILES string of the molecule is c1cc(Nc2nccs2)nc(N2CCNCC2)n1.